The van der Waals surface area contributed by atoms with Crippen molar-refractivity contribution in [2.45, 2.75) is 20.8 Å². The molecule has 1 fully saturated rings. The van der Waals surface area contributed by atoms with E-state index in [2.05, 4.69) is 0 Å². The van der Waals surface area contributed by atoms with Crippen LogP contribution in [0.4, 0.5) is 11.4 Å². The fourth-order valence-electron chi connectivity index (χ4n) is 3.52. The smallest absolute Gasteiger partial charge is 0.271 e. The standard InChI is InChI=1S/C27H23Cl3N2O3S/c1-5-35-25-22(30)10-17(11-23(25)34-4)12-24-26(33)32(19-9-7-16(3)21(29)14-19)27(36-24)31-18-8-6-15(2)20(28)13-18/h6-14H,5H2,1-4H3/b24-12+,31-27?. The van der Waals surface area contributed by atoms with Gasteiger partial charge in [0.25, 0.3) is 5.91 Å². The molecule has 0 bridgehead atoms. The summed E-state index contributed by atoms with van der Waals surface area (Å²) in [5.41, 5.74) is 3.80. The Balaban J connectivity index is 1.80. The lowest BCUT2D eigenvalue weighted by molar-refractivity contribution is -0.113. The topological polar surface area (TPSA) is 51.1 Å². The van der Waals surface area contributed by atoms with Crippen molar-refractivity contribution >= 4 is 75.1 Å². The summed E-state index contributed by atoms with van der Waals surface area (Å²) < 4.78 is 11.1. The van der Waals surface area contributed by atoms with Crippen LogP contribution in [0, 0.1) is 13.8 Å². The number of carbonyl (C=O) groups excluding carboxylic acids is 1. The molecule has 0 spiro atoms. The first-order chi connectivity index (χ1) is 17.2. The minimum Gasteiger partial charge on any atom is -0.493 e. The fourth-order valence-corrected chi connectivity index (χ4v) is 5.14. The van der Waals surface area contributed by atoms with Crippen molar-refractivity contribution in [2.24, 2.45) is 4.99 Å². The summed E-state index contributed by atoms with van der Waals surface area (Å²) in [5, 5.41) is 2.03. The van der Waals surface area contributed by atoms with Crippen molar-refractivity contribution in [3.63, 3.8) is 0 Å². The zero-order chi connectivity index (χ0) is 26.0. The van der Waals surface area contributed by atoms with Gasteiger partial charge >= 0.3 is 0 Å². The van der Waals surface area contributed by atoms with Crippen LogP contribution in [-0.2, 0) is 4.79 Å². The Kier molecular flexibility index (Phi) is 8.20. The number of aryl methyl sites for hydroxylation is 2. The van der Waals surface area contributed by atoms with Crippen LogP contribution in [0.1, 0.15) is 23.6 Å². The van der Waals surface area contributed by atoms with Crippen molar-refractivity contribution in [2.75, 3.05) is 18.6 Å². The van der Waals surface area contributed by atoms with Gasteiger partial charge in [0.05, 0.1) is 35.0 Å². The van der Waals surface area contributed by atoms with E-state index in [4.69, 9.17) is 49.3 Å². The zero-order valence-electron chi connectivity index (χ0n) is 20.1. The number of benzene rings is 3. The summed E-state index contributed by atoms with van der Waals surface area (Å²) in [6, 6.07) is 14.5. The predicted octanol–water partition coefficient (Wildman–Crippen LogP) is 8.48. The number of amides is 1. The Morgan fingerprint density at radius 3 is 2.31 bits per heavy atom. The van der Waals surface area contributed by atoms with Gasteiger partial charge in [-0.15, -0.1) is 0 Å². The Hall–Kier alpha value is -2.64. The van der Waals surface area contributed by atoms with Crippen molar-refractivity contribution in [3.8, 4) is 11.5 Å². The van der Waals surface area contributed by atoms with Crippen LogP contribution in [0.2, 0.25) is 15.1 Å². The van der Waals surface area contributed by atoms with Gasteiger partial charge in [-0.2, -0.15) is 0 Å². The molecule has 0 radical (unpaired) electrons. The maximum Gasteiger partial charge on any atom is 0.271 e. The number of nitrogens with zero attached hydrogens (tertiary/aromatic N) is 2. The second-order valence-corrected chi connectivity index (χ2v) is 10.2. The van der Waals surface area contributed by atoms with Crippen molar-refractivity contribution in [1.29, 1.82) is 0 Å². The predicted molar refractivity (Wildman–Crippen MR) is 152 cm³/mol. The maximum atomic E-state index is 13.6. The molecular weight excluding hydrogens is 539 g/mol. The minimum absolute atomic E-state index is 0.235. The lowest BCUT2D eigenvalue weighted by Gasteiger charge is -2.16. The molecule has 3 aromatic rings. The summed E-state index contributed by atoms with van der Waals surface area (Å²) in [6.45, 7) is 6.14. The summed E-state index contributed by atoms with van der Waals surface area (Å²) >= 11 is 20.4. The van der Waals surface area contributed by atoms with Crippen LogP contribution in [0.3, 0.4) is 0 Å². The maximum absolute atomic E-state index is 13.6. The molecule has 1 aliphatic rings. The normalized spacial score (nSPS) is 15.8. The van der Waals surface area contributed by atoms with Gasteiger partial charge in [0.15, 0.2) is 16.7 Å². The van der Waals surface area contributed by atoms with Crippen molar-refractivity contribution < 1.29 is 14.3 Å². The SMILES string of the molecule is CCOc1c(Cl)cc(/C=C2/SC(=Nc3ccc(C)c(Cl)c3)N(c3ccc(C)c(Cl)c3)C2=O)cc1OC. The third-order valence-electron chi connectivity index (χ3n) is 5.44. The van der Waals surface area contributed by atoms with E-state index in [1.54, 1.807) is 42.4 Å². The number of methoxy groups -OCH3 is 1. The Labute approximate surface area is 229 Å². The van der Waals surface area contributed by atoms with Crippen molar-refractivity contribution in [3.05, 3.63) is 85.2 Å². The molecular formula is C27H23Cl3N2O3S. The van der Waals surface area contributed by atoms with E-state index in [0.29, 0.717) is 60.2 Å². The van der Waals surface area contributed by atoms with E-state index in [0.717, 1.165) is 11.1 Å². The molecule has 0 unspecified atom stereocenters. The van der Waals surface area contributed by atoms with Crippen molar-refractivity contribution in [1.82, 2.24) is 0 Å². The van der Waals surface area contributed by atoms with E-state index in [1.807, 2.05) is 45.0 Å². The van der Waals surface area contributed by atoms with Crippen LogP contribution >= 0.6 is 46.6 Å². The lowest BCUT2D eigenvalue weighted by atomic mass is 10.1. The van der Waals surface area contributed by atoms with Gasteiger partial charge in [-0.3, -0.25) is 9.69 Å². The van der Waals surface area contributed by atoms with Gasteiger partial charge < -0.3 is 9.47 Å². The molecule has 4 rings (SSSR count). The average molecular weight is 562 g/mol. The molecule has 0 atom stereocenters. The molecule has 3 aromatic carbocycles. The first kappa shape index (κ1) is 26.4. The van der Waals surface area contributed by atoms with Crippen LogP contribution < -0.4 is 14.4 Å². The molecule has 36 heavy (non-hydrogen) atoms. The Morgan fingerprint density at radius 2 is 1.67 bits per heavy atom. The zero-order valence-corrected chi connectivity index (χ0v) is 23.1. The first-order valence-corrected chi connectivity index (χ1v) is 13.0. The molecule has 1 amide bonds. The summed E-state index contributed by atoms with van der Waals surface area (Å²) in [5.74, 6) is 0.710. The molecule has 0 N–H and O–H groups in total. The van der Waals surface area contributed by atoms with Gasteiger partial charge in [-0.05, 0) is 91.7 Å². The largest absolute Gasteiger partial charge is 0.493 e. The molecule has 0 saturated carbocycles. The highest BCUT2D eigenvalue weighted by Gasteiger charge is 2.35. The van der Waals surface area contributed by atoms with E-state index in [-0.39, 0.29) is 5.91 Å². The molecule has 0 aliphatic carbocycles. The number of halogens is 3. The molecule has 1 saturated heterocycles. The quantitative estimate of drug-likeness (QED) is 0.283. The molecule has 1 heterocycles. The molecule has 9 heteroatoms. The third kappa shape index (κ3) is 5.52. The van der Waals surface area contributed by atoms with Gasteiger partial charge in [0, 0.05) is 10.0 Å². The number of rotatable bonds is 6. The highest BCUT2D eigenvalue weighted by Crippen LogP contribution is 2.41. The number of ether oxygens (including phenoxy) is 2. The van der Waals surface area contributed by atoms with Gasteiger partial charge in [0.2, 0.25) is 0 Å². The number of hydrogen-bond donors (Lipinski definition) is 0. The minimum atomic E-state index is -0.235. The van der Waals surface area contributed by atoms with Crippen LogP contribution in [0.25, 0.3) is 6.08 Å². The van der Waals surface area contributed by atoms with Crippen LogP contribution in [-0.4, -0.2) is 24.8 Å². The Morgan fingerprint density at radius 1 is 0.972 bits per heavy atom. The summed E-state index contributed by atoms with van der Waals surface area (Å²) in [7, 11) is 1.54. The summed E-state index contributed by atoms with van der Waals surface area (Å²) in [4.78, 5) is 20.4. The number of amidine groups is 1. The number of aliphatic imine (C=N–C) groups is 1. The Bertz CT molecular complexity index is 1410. The third-order valence-corrected chi connectivity index (χ3v) is 7.50. The monoisotopic (exact) mass is 560 g/mol. The van der Waals surface area contributed by atoms with E-state index in [9.17, 15) is 4.79 Å². The summed E-state index contributed by atoms with van der Waals surface area (Å²) in [6.07, 6.45) is 1.75. The second-order valence-electron chi connectivity index (χ2n) is 7.98. The second kappa shape index (κ2) is 11.2. The highest BCUT2D eigenvalue weighted by molar-refractivity contribution is 8.19. The molecule has 1 aliphatic heterocycles. The number of anilines is 1. The van der Waals surface area contributed by atoms with E-state index in [1.165, 1.54) is 11.8 Å². The van der Waals surface area contributed by atoms with Gasteiger partial charge in [0.1, 0.15) is 0 Å². The molecule has 186 valence electrons. The highest BCUT2D eigenvalue weighted by atomic mass is 35.5. The fraction of sp³-hybridized carbons (Fsp3) is 0.185. The number of thioether (sulfide) groups is 1. The first-order valence-electron chi connectivity index (χ1n) is 11.1. The lowest BCUT2D eigenvalue weighted by Crippen LogP contribution is -2.28. The van der Waals surface area contributed by atoms with E-state index >= 15 is 0 Å². The number of hydrogen-bond acceptors (Lipinski definition) is 5. The van der Waals surface area contributed by atoms with Crippen LogP contribution in [0.5, 0.6) is 11.5 Å². The van der Waals surface area contributed by atoms with Gasteiger partial charge in [-0.25, -0.2) is 4.99 Å². The molecule has 0 aromatic heterocycles. The average Bonchev–Trinajstić information content (AvgIpc) is 3.14. The van der Waals surface area contributed by atoms with Gasteiger partial charge in [-0.1, -0.05) is 46.9 Å². The molecule has 5 nitrogen and oxygen atoms in total. The van der Waals surface area contributed by atoms with Crippen LogP contribution in [0.15, 0.2) is 58.4 Å². The van der Waals surface area contributed by atoms with E-state index < -0.39 is 0 Å². The number of carbonyl (C=O) groups is 1.